The van der Waals surface area contributed by atoms with Crippen molar-refractivity contribution in [1.82, 2.24) is 10.6 Å². The fraction of sp³-hybridized carbons (Fsp3) is 0.429. The van der Waals surface area contributed by atoms with Gasteiger partial charge in [-0.1, -0.05) is 18.6 Å². The number of nitrogens with two attached hydrogens (primary N) is 1. The van der Waals surface area contributed by atoms with Gasteiger partial charge in [0.1, 0.15) is 6.04 Å². The molecule has 0 saturated heterocycles. The molecule has 0 aliphatic rings. The lowest BCUT2D eigenvalue weighted by molar-refractivity contribution is -0.122. The smallest absolute Gasteiger partial charge is 0.254 e. The van der Waals surface area contributed by atoms with Gasteiger partial charge in [0.15, 0.2) is 0 Å². The number of benzene rings is 1. The Morgan fingerprint density at radius 2 is 2.05 bits per heavy atom. The molecule has 5 N–H and O–H groups in total. The van der Waals surface area contributed by atoms with Crippen molar-refractivity contribution < 1.29 is 9.59 Å². The van der Waals surface area contributed by atoms with Crippen LogP contribution in [-0.4, -0.2) is 24.4 Å². The average Bonchev–Trinajstić information content (AvgIpc) is 2.44. The molecule has 0 heterocycles. The van der Waals surface area contributed by atoms with Crippen molar-refractivity contribution in [3.8, 4) is 0 Å². The van der Waals surface area contributed by atoms with E-state index in [0.717, 1.165) is 12.0 Å². The number of nitrogens with one attached hydrogen (secondary N) is 3. The topological polar surface area (TPSA) is 96.2 Å². The number of rotatable bonds is 6. The number of aryl methyl sites for hydroxylation is 1. The van der Waals surface area contributed by atoms with Crippen LogP contribution in [0.3, 0.4) is 0 Å². The van der Waals surface area contributed by atoms with E-state index in [4.69, 9.17) is 5.84 Å². The van der Waals surface area contributed by atoms with Crippen LogP contribution in [0.4, 0.5) is 5.69 Å². The van der Waals surface area contributed by atoms with Crippen molar-refractivity contribution in [2.45, 2.75) is 33.2 Å². The molecule has 6 heteroatoms. The maximum absolute atomic E-state index is 12.2. The molecular formula is C14H22N4O2. The van der Waals surface area contributed by atoms with Crippen LogP contribution < -0.4 is 21.9 Å². The predicted octanol–water partition coefficient (Wildman–Crippen LogP) is 0.925. The van der Waals surface area contributed by atoms with E-state index in [2.05, 4.69) is 16.1 Å². The predicted molar refractivity (Wildman–Crippen MR) is 79.2 cm³/mol. The molecule has 110 valence electrons. The first-order chi connectivity index (χ1) is 9.49. The molecule has 2 amide bonds. The molecule has 0 spiro atoms. The van der Waals surface area contributed by atoms with Crippen molar-refractivity contribution in [2.75, 3.05) is 12.0 Å². The van der Waals surface area contributed by atoms with Gasteiger partial charge in [0.2, 0.25) is 5.91 Å². The zero-order valence-electron chi connectivity index (χ0n) is 12.1. The molecule has 1 aromatic rings. The van der Waals surface area contributed by atoms with Crippen molar-refractivity contribution in [3.63, 3.8) is 0 Å². The Balaban J connectivity index is 2.75. The Morgan fingerprint density at radius 1 is 1.35 bits per heavy atom. The summed E-state index contributed by atoms with van der Waals surface area (Å²) in [6.07, 6.45) is 0.853. The maximum atomic E-state index is 12.2. The van der Waals surface area contributed by atoms with Gasteiger partial charge in [0, 0.05) is 6.54 Å². The fourth-order valence-corrected chi connectivity index (χ4v) is 1.71. The minimum absolute atomic E-state index is 0.199. The van der Waals surface area contributed by atoms with Crippen LogP contribution >= 0.6 is 0 Å². The van der Waals surface area contributed by atoms with Crippen LogP contribution in [0.2, 0.25) is 0 Å². The number of anilines is 1. The van der Waals surface area contributed by atoms with E-state index in [1.807, 2.05) is 19.9 Å². The highest BCUT2D eigenvalue weighted by Crippen LogP contribution is 2.16. The number of hydrogen-bond donors (Lipinski definition) is 4. The molecule has 1 aromatic carbocycles. The van der Waals surface area contributed by atoms with Gasteiger partial charge in [0.25, 0.3) is 5.91 Å². The minimum atomic E-state index is -0.597. The Hall–Kier alpha value is -2.08. The van der Waals surface area contributed by atoms with E-state index in [-0.39, 0.29) is 11.8 Å². The van der Waals surface area contributed by atoms with Gasteiger partial charge in [0.05, 0.1) is 11.3 Å². The normalized spacial score (nSPS) is 11.6. The molecule has 0 aromatic heterocycles. The van der Waals surface area contributed by atoms with Gasteiger partial charge in [-0.05, 0) is 32.4 Å². The van der Waals surface area contributed by atoms with Gasteiger partial charge in [-0.15, -0.1) is 0 Å². The van der Waals surface area contributed by atoms with Crippen LogP contribution in [-0.2, 0) is 4.79 Å². The second-order valence-corrected chi connectivity index (χ2v) is 4.68. The number of carbonyl (C=O) groups is 2. The molecule has 0 bridgehead atoms. The molecule has 0 aliphatic carbocycles. The molecule has 0 aliphatic heterocycles. The summed E-state index contributed by atoms with van der Waals surface area (Å²) in [5.74, 6) is 4.85. The number of amides is 2. The number of nitrogen functional groups attached to an aromatic ring is 1. The zero-order chi connectivity index (χ0) is 15.1. The molecule has 1 rings (SSSR count). The SMILES string of the molecule is CCCNC(=O)C(C)NC(=O)c1cc(C)ccc1NN. The quantitative estimate of drug-likeness (QED) is 0.459. The Bertz CT molecular complexity index is 488. The average molecular weight is 278 g/mol. The number of carbonyl (C=O) groups excluding carboxylic acids is 2. The molecule has 0 saturated carbocycles. The first-order valence-corrected chi connectivity index (χ1v) is 6.65. The first kappa shape index (κ1) is 16.0. The van der Waals surface area contributed by atoms with Crippen molar-refractivity contribution in [3.05, 3.63) is 29.3 Å². The van der Waals surface area contributed by atoms with Crippen LogP contribution in [0.25, 0.3) is 0 Å². The lowest BCUT2D eigenvalue weighted by atomic mass is 10.1. The summed E-state index contributed by atoms with van der Waals surface area (Å²) in [6.45, 7) is 6.09. The van der Waals surface area contributed by atoms with E-state index in [1.54, 1.807) is 19.1 Å². The molecule has 1 atom stereocenters. The minimum Gasteiger partial charge on any atom is -0.354 e. The van der Waals surface area contributed by atoms with Crippen molar-refractivity contribution >= 4 is 17.5 Å². The molecule has 0 fully saturated rings. The van der Waals surface area contributed by atoms with Crippen LogP contribution in [0, 0.1) is 6.92 Å². The lowest BCUT2D eigenvalue weighted by Crippen LogP contribution is -2.45. The van der Waals surface area contributed by atoms with Crippen molar-refractivity contribution in [1.29, 1.82) is 0 Å². The lowest BCUT2D eigenvalue weighted by Gasteiger charge is -2.15. The summed E-state index contributed by atoms with van der Waals surface area (Å²) in [4.78, 5) is 23.9. The second-order valence-electron chi connectivity index (χ2n) is 4.68. The van der Waals surface area contributed by atoms with E-state index < -0.39 is 6.04 Å². The zero-order valence-corrected chi connectivity index (χ0v) is 12.1. The van der Waals surface area contributed by atoms with Gasteiger partial charge >= 0.3 is 0 Å². The van der Waals surface area contributed by atoms with Gasteiger partial charge in [-0.3, -0.25) is 15.4 Å². The Labute approximate surface area is 119 Å². The summed E-state index contributed by atoms with van der Waals surface area (Å²) in [5, 5.41) is 5.40. The van der Waals surface area contributed by atoms with Crippen LogP contribution in [0.1, 0.15) is 36.2 Å². The first-order valence-electron chi connectivity index (χ1n) is 6.65. The summed E-state index contributed by atoms with van der Waals surface area (Å²) >= 11 is 0. The molecule has 20 heavy (non-hydrogen) atoms. The largest absolute Gasteiger partial charge is 0.354 e. The van der Waals surface area contributed by atoms with Gasteiger partial charge in [-0.25, -0.2) is 0 Å². The standard InChI is InChI=1S/C14H22N4O2/c1-4-7-16-13(19)10(3)17-14(20)11-8-9(2)5-6-12(11)18-15/h5-6,8,10,18H,4,7,15H2,1-3H3,(H,16,19)(H,17,20). The van der Waals surface area contributed by atoms with Gasteiger partial charge < -0.3 is 16.1 Å². The van der Waals surface area contributed by atoms with E-state index in [9.17, 15) is 9.59 Å². The number of hydrazine groups is 1. The molecular weight excluding hydrogens is 256 g/mol. The third-order valence-electron chi connectivity index (χ3n) is 2.87. The van der Waals surface area contributed by atoms with Gasteiger partial charge in [-0.2, -0.15) is 0 Å². The van der Waals surface area contributed by atoms with Crippen LogP contribution in [0.15, 0.2) is 18.2 Å². The van der Waals surface area contributed by atoms with Crippen molar-refractivity contribution in [2.24, 2.45) is 5.84 Å². The fourth-order valence-electron chi connectivity index (χ4n) is 1.71. The molecule has 0 radical (unpaired) electrons. The van der Waals surface area contributed by atoms with E-state index in [0.29, 0.717) is 17.8 Å². The Kier molecular flexibility index (Phi) is 5.99. The maximum Gasteiger partial charge on any atom is 0.254 e. The second kappa shape index (κ2) is 7.49. The summed E-state index contributed by atoms with van der Waals surface area (Å²) < 4.78 is 0. The highest BCUT2D eigenvalue weighted by Gasteiger charge is 2.18. The summed E-state index contributed by atoms with van der Waals surface area (Å²) in [5.41, 5.74) is 4.36. The summed E-state index contributed by atoms with van der Waals surface area (Å²) in [6, 6.07) is 4.71. The van der Waals surface area contributed by atoms with E-state index in [1.165, 1.54) is 0 Å². The summed E-state index contributed by atoms with van der Waals surface area (Å²) in [7, 11) is 0. The molecule has 1 unspecified atom stereocenters. The third-order valence-corrected chi connectivity index (χ3v) is 2.87. The monoisotopic (exact) mass is 278 g/mol. The van der Waals surface area contributed by atoms with E-state index >= 15 is 0 Å². The number of hydrogen-bond acceptors (Lipinski definition) is 4. The Morgan fingerprint density at radius 3 is 2.65 bits per heavy atom. The highest BCUT2D eigenvalue weighted by atomic mass is 16.2. The molecule has 6 nitrogen and oxygen atoms in total. The highest BCUT2D eigenvalue weighted by molar-refractivity contribution is 6.01. The third kappa shape index (κ3) is 4.24. The van der Waals surface area contributed by atoms with Crippen LogP contribution in [0.5, 0.6) is 0 Å².